The third-order valence-corrected chi connectivity index (χ3v) is 3.87. The molecule has 1 aromatic heterocycles. The third kappa shape index (κ3) is 4.07. The SMILES string of the molecule is CCCNC(=O)CCn1cncc1C1CCCC(C)N1. The molecule has 2 heterocycles. The lowest BCUT2D eigenvalue weighted by molar-refractivity contribution is -0.121. The molecule has 112 valence electrons. The van der Waals surface area contributed by atoms with E-state index in [9.17, 15) is 4.79 Å². The first-order valence-electron chi connectivity index (χ1n) is 7.73. The van der Waals surface area contributed by atoms with Crippen molar-refractivity contribution in [2.45, 2.75) is 64.6 Å². The largest absolute Gasteiger partial charge is 0.356 e. The highest BCUT2D eigenvalue weighted by Crippen LogP contribution is 2.25. The van der Waals surface area contributed by atoms with Crippen LogP contribution >= 0.6 is 0 Å². The van der Waals surface area contributed by atoms with Gasteiger partial charge in [0.25, 0.3) is 0 Å². The molecule has 1 aliphatic heterocycles. The van der Waals surface area contributed by atoms with Crippen LogP contribution in [0.25, 0.3) is 0 Å². The maximum absolute atomic E-state index is 11.7. The summed E-state index contributed by atoms with van der Waals surface area (Å²) in [5.41, 5.74) is 1.21. The second-order valence-electron chi connectivity index (χ2n) is 5.66. The molecule has 0 spiro atoms. The number of aromatic nitrogens is 2. The Morgan fingerprint density at radius 1 is 1.55 bits per heavy atom. The number of nitrogens with one attached hydrogen (secondary N) is 2. The molecule has 2 N–H and O–H groups in total. The molecule has 1 aromatic rings. The Hall–Kier alpha value is -1.36. The quantitative estimate of drug-likeness (QED) is 0.837. The fourth-order valence-corrected chi connectivity index (χ4v) is 2.75. The lowest BCUT2D eigenvalue weighted by Crippen LogP contribution is -2.35. The first-order chi connectivity index (χ1) is 9.70. The molecular weight excluding hydrogens is 252 g/mol. The molecule has 0 saturated carbocycles. The zero-order valence-electron chi connectivity index (χ0n) is 12.6. The number of piperidine rings is 1. The van der Waals surface area contributed by atoms with Gasteiger partial charge in [-0.15, -0.1) is 0 Å². The summed E-state index contributed by atoms with van der Waals surface area (Å²) in [4.78, 5) is 15.9. The Morgan fingerprint density at radius 2 is 2.40 bits per heavy atom. The summed E-state index contributed by atoms with van der Waals surface area (Å²) in [5.74, 6) is 0.122. The summed E-state index contributed by atoms with van der Waals surface area (Å²) < 4.78 is 2.11. The Kier molecular flexibility index (Phi) is 5.59. The smallest absolute Gasteiger partial charge is 0.221 e. The number of amides is 1. The van der Waals surface area contributed by atoms with E-state index in [1.165, 1.54) is 18.5 Å². The molecule has 0 aliphatic carbocycles. The van der Waals surface area contributed by atoms with Crippen LogP contribution in [0.4, 0.5) is 0 Å². The number of imidazole rings is 1. The van der Waals surface area contributed by atoms with E-state index in [2.05, 4.69) is 34.0 Å². The fraction of sp³-hybridized carbons (Fsp3) is 0.733. The van der Waals surface area contributed by atoms with Gasteiger partial charge < -0.3 is 15.2 Å². The van der Waals surface area contributed by atoms with E-state index in [1.54, 1.807) is 0 Å². The Balaban J connectivity index is 1.89. The van der Waals surface area contributed by atoms with Gasteiger partial charge in [0.2, 0.25) is 5.91 Å². The van der Waals surface area contributed by atoms with Crippen LogP contribution < -0.4 is 10.6 Å². The minimum Gasteiger partial charge on any atom is -0.356 e. The summed E-state index contributed by atoms with van der Waals surface area (Å²) >= 11 is 0. The molecule has 1 amide bonds. The van der Waals surface area contributed by atoms with E-state index in [1.807, 2.05) is 12.5 Å². The van der Waals surface area contributed by atoms with Crippen molar-refractivity contribution >= 4 is 5.91 Å². The first kappa shape index (κ1) is 15.0. The zero-order valence-corrected chi connectivity index (χ0v) is 12.6. The summed E-state index contributed by atoms with van der Waals surface area (Å²) in [6.45, 7) is 5.75. The molecule has 0 bridgehead atoms. The Bertz CT molecular complexity index is 429. The molecule has 0 radical (unpaired) electrons. The van der Waals surface area contributed by atoms with Gasteiger partial charge in [-0.2, -0.15) is 0 Å². The molecule has 2 atom stereocenters. The highest BCUT2D eigenvalue weighted by atomic mass is 16.1. The maximum Gasteiger partial charge on any atom is 0.221 e. The van der Waals surface area contributed by atoms with Crippen LogP contribution in [0.15, 0.2) is 12.5 Å². The van der Waals surface area contributed by atoms with Crippen molar-refractivity contribution in [1.29, 1.82) is 0 Å². The number of hydrogen-bond acceptors (Lipinski definition) is 3. The van der Waals surface area contributed by atoms with Crippen LogP contribution in [0, 0.1) is 0 Å². The second-order valence-corrected chi connectivity index (χ2v) is 5.66. The van der Waals surface area contributed by atoms with Gasteiger partial charge in [0.05, 0.1) is 12.0 Å². The Labute approximate surface area is 121 Å². The first-order valence-corrected chi connectivity index (χ1v) is 7.73. The summed E-state index contributed by atoms with van der Waals surface area (Å²) in [6, 6.07) is 0.935. The molecule has 5 nitrogen and oxygen atoms in total. The van der Waals surface area contributed by atoms with E-state index < -0.39 is 0 Å². The van der Waals surface area contributed by atoms with Crippen molar-refractivity contribution in [3.05, 3.63) is 18.2 Å². The van der Waals surface area contributed by atoms with E-state index in [4.69, 9.17) is 0 Å². The van der Waals surface area contributed by atoms with Crippen LogP contribution in [-0.4, -0.2) is 28.0 Å². The van der Waals surface area contributed by atoms with Crippen LogP contribution in [0.2, 0.25) is 0 Å². The average Bonchev–Trinajstić information content (AvgIpc) is 2.91. The van der Waals surface area contributed by atoms with Gasteiger partial charge in [-0.25, -0.2) is 4.98 Å². The van der Waals surface area contributed by atoms with Crippen molar-refractivity contribution in [1.82, 2.24) is 20.2 Å². The number of hydrogen-bond donors (Lipinski definition) is 2. The Morgan fingerprint density at radius 3 is 3.15 bits per heavy atom. The zero-order chi connectivity index (χ0) is 14.4. The summed E-state index contributed by atoms with van der Waals surface area (Å²) in [5, 5.41) is 6.53. The van der Waals surface area contributed by atoms with Gasteiger partial charge in [-0.05, 0) is 32.6 Å². The minimum atomic E-state index is 0.122. The van der Waals surface area contributed by atoms with Crippen LogP contribution in [-0.2, 0) is 11.3 Å². The van der Waals surface area contributed by atoms with Gasteiger partial charge >= 0.3 is 0 Å². The molecule has 0 aromatic carbocycles. The molecule has 2 rings (SSSR count). The molecule has 1 aliphatic rings. The van der Waals surface area contributed by atoms with Crippen molar-refractivity contribution < 1.29 is 4.79 Å². The molecule has 1 fully saturated rings. The molecule has 5 heteroatoms. The highest BCUT2D eigenvalue weighted by Gasteiger charge is 2.22. The number of rotatable bonds is 6. The van der Waals surface area contributed by atoms with E-state index in [0.29, 0.717) is 25.0 Å². The number of carbonyl (C=O) groups is 1. The number of nitrogens with zero attached hydrogens (tertiary/aromatic N) is 2. The average molecular weight is 278 g/mol. The maximum atomic E-state index is 11.7. The predicted octanol–water partition coefficient (Wildman–Crippen LogP) is 2.00. The molecular formula is C15H26N4O. The summed E-state index contributed by atoms with van der Waals surface area (Å²) in [6.07, 6.45) is 8.91. The molecule has 1 saturated heterocycles. The van der Waals surface area contributed by atoms with Gasteiger partial charge in [-0.1, -0.05) is 6.92 Å². The predicted molar refractivity (Wildman–Crippen MR) is 79.3 cm³/mol. The van der Waals surface area contributed by atoms with Gasteiger partial charge in [0, 0.05) is 37.8 Å². The third-order valence-electron chi connectivity index (χ3n) is 3.87. The van der Waals surface area contributed by atoms with E-state index in [-0.39, 0.29) is 5.91 Å². The highest BCUT2D eigenvalue weighted by molar-refractivity contribution is 5.75. The van der Waals surface area contributed by atoms with Gasteiger partial charge in [0.15, 0.2) is 0 Å². The topological polar surface area (TPSA) is 59.0 Å². The lowest BCUT2D eigenvalue weighted by Gasteiger charge is -2.29. The monoisotopic (exact) mass is 278 g/mol. The van der Waals surface area contributed by atoms with E-state index in [0.717, 1.165) is 19.4 Å². The number of carbonyl (C=O) groups excluding carboxylic acids is 1. The minimum absolute atomic E-state index is 0.122. The second kappa shape index (κ2) is 7.43. The van der Waals surface area contributed by atoms with Gasteiger partial charge in [0.1, 0.15) is 0 Å². The molecule has 20 heavy (non-hydrogen) atoms. The normalized spacial score (nSPS) is 22.7. The molecule has 2 unspecified atom stereocenters. The van der Waals surface area contributed by atoms with Crippen molar-refractivity contribution in [3.8, 4) is 0 Å². The van der Waals surface area contributed by atoms with Crippen LogP contribution in [0.5, 0.6) is 0 Å². The van der Waals surface area contributed by atoms with Crippen LogP contribution in [0.3, 0.4) is 0 Å². The van der Waals surface area contributed by atoms with Gasteiger partial charge in [-0.3, -0.25) is 4.79 Å². The van der Waals surface area contributed by atoms with Crippen molar-refractivity contribution in [2.75, 3.05) is 6.54 Å². The standard InChI is InChI=1S/C15H26N4O/c1-3-8-17-15(20)7-9-19-11-16-10-14(19)13-6-4-5-12(2)18-13/h10-13,18H,3-9H2,1-2H3,(H,17,20). The van der Waals surface area contributed by atoms with E-state index >= 15 is 0 Å². The van der Waals surface area contributed by atoms with Crippen molar-refractivity contribution in [3.63, 3.8) is 0 Å². The summed E-state index contributed by atoms with van der Waals surface area (Å²) in [7, 11) is 0. The van der Waals surface area contributed by atoms with Crippen molar-refractivity contribution in [2.24, 2.45) is 0 Å². The number of aryl methyl sites for hydroxylation is 1. The fourth-order valence-electron chi connectivity index (χ4n) is 2.75. The van der Waals surface area contributed by atoms with Crippen LogP contribution in [0.1, 0.15) is 57.7 Å². The lowest BCUT2D eigenvalue weighted by atomic mass is 9.97.